The number of carbonyl (C=O) groups is 1. The molecule has 0 saturated carbocycles. The quantitative estimate of drug-likeness (QED) is 0.745. The van der Waals surface area contributed by atoms with Crippen LogP contribution >= 0.6 is 0 Å². The molecular formula is C19H21N5O3. The molecule has 0 unspecified atom stereocenters. The first-order chi connectivity index (χ1) is 12.9. The maximum Gasteiger partial charge on any atom is 0.255 e. The number of aryl methyl sites for hydroxylation is 3. The Balaban J connectivity index is 1.96. The van der Waals surface area contributed by atoms with Crippen molar-refractivity contribution in [2.24, 2.45) is 0 Å². The zero-order valence-electron chi connectivity index (χ0n) is 15.7. The van der Waals surface area contributed by atoms with Crippen LogP contribution in [0.15, 0.2) is 41.2 Å². The molecular weight excluding hydrogens is 346 g/mol. The Labute approximate surface area is 156 Å². The maximum atomic E-state index is 12.6. The zero-order chi connectivity index (χ0) is 19.6. The van der Waals surface area contributed by atoms with E-state index in [4.69, 9.17) is 4.74 Å². The molecule has 140 valence electrons. The molecule has 0 radical (unpaired) electrons. The Bertz CT molecular complexity index is 1050. The molecule has 0 aliphatic heterocycles. The molecule has 3 aromatic rings. The van der Waals surface area contributed by atoms with Gasteiger partial charge in [-0.25, -0.2) is 9.67 Å². The number of hydrogen-bond acceptors (Lipinski definition) is 5. The van der Waals surface area contributed by atoms with Crippen molar-refractivity contribution in [2.45, 2.75) is 27.3 Å². The summed E-state index contributed by atoms with van der Waals surface area (Å²) in [6.45, 7) is 5.26. The van der Waals surface area contributed by atoms with Crippen molar-refractivity contribution in [3.63, 3.8) is 0 Å². The van der Waals surface area contributed by atoms with Gasteiger partial charge in [0.05, 0.1) is 18.5 Å². The van der Waals surface area contributed by atoms with Crippen LogP contribution in [0.3, 0.4) is 0 Å². The smallest absolute Gasteiger partial charge is 0.255 e. The summed E-state index contributed by atoms with van der Waals surface area (Å²) < 4.78 is 8.11. The van der Waals surface area contributed by atoms with E-state index >= 15 is 0 Å². The molecule has 1 N–H and O–H groups in total. The first-order valence-electron chi connectivity index (χ1n) is 8.44. The monoisotopic (exact) mass is 367 g/mol. The fourth-order valence-electron chi connectivity index (χ4n) is 2.83. The van der Waals surface area contributed by atoms with E-state index in [2.05, 4.69) is 15.4 Å². The van der Waals surface area contributed by atoms with Gasteiger partial charge in [0.1, 0.15) is 12.3 Å². The number of carbonyl (C=O) groups excluding carboxylic acids is 1. The molecule has 0 aliphatic carbocycles. The van der Waals surface area contributed by atoms with Crippen molar-refractivity contribution in [2.75, 3.05) is 12.4 Å². The van der Waals surface area contributed by atoms with Gasteiger partial charge in [-0.3, -0.25) is 14.2 Å². The van der Waals surface area contributed by atoms with Crippen molar-refractivity contribution < 1.29 is 9.53 Å². The highest BCUT2D eigenvalue weighted by Gasteiger charge is 2.16. The molecule has 8 nitrogen and oxygen atoms in total. The van der Waals surface area contributed by atoms with E-state index in [1.54, 1.807) is 29.8 Å². The molecule has 0 atom stereocenters. The molecule has 0 spiro atoms. The van der Waals surface area contributed by atoms with E-state index in [-0.39, 0.29) is 18.0 Å². The van der Waals surface area contributed by atoms with Crippen molar-refractivity contribution in [1.82, 2.24) is 19.3 Å². The largest absolute Gasteiger partial charge is 0.495 e. The predicted octanol–water partition coefficient (Wildman–Crippen LogP) is 2.00. The second-order valence-corrected chi connectivity index (χ2v) is 6.21. The van der Waals surface area contributed by atoms with E-state index in [0.717, 1.165) is 11.4 Å². The van der Waals surface area contributed by atoms with Gasteiger partial charge in [-0.05, 0) is 39.0 Å². The van der Waals surface area contributed by atoms with Gasteiger partial charge in [0.2, 0.25) is 11.9 Å². The number of methoxy groups -OCH3 is 1. The van der Waals surface area contributed by atoms with E-state index in [1.807, 2.05) is 26.0 Å². The number of para-hydroxylation sites is 2. The molecule has 3 rings (SSSR count). The molecule has 2 aromatic heterocycles. The molecule has 0 bridgehead atoms. The van der Waals surface area contributed by atoms with Crippen LogP contribution in [-0.4, -0.2) is 32.3 Å². The normalized spacial score (nSPS) is 10.7. The summed E-state index contributed by atoms with van der Waals surface area (Å²) in [5.74, 6) is 0.481. The summed E-state index contributed by atoms with van der Waals surface area (Å²) >= 11 is 0. The predicted molar refractivity (Wildman–Crippen MR) is 101 cm³/mol. The highest BCUT2D eigenvalue weighted by molar-refractivity contribution is 5.92. The first kappa shape index (κ1) is 18.4. The number of benzene rings is 1. The lowest BCUT2D eigenvalue weighted by Crippen LogP contribution is -2.32. The number of hydrogen-bond donors (Lipinski definition) is 1. The van der Waals surface area contributed by atoms with Crippen LogP contribution in [0.25, 0.3) is 5.95 Å². The summed E-state index contributed by atoms with van der Waals surface area (Å²) in [6, 6.07) is 10.4. The fourth-order valence-corrected chi connectivity index (χ4v) is 2.83. The highest BCUT2D eigenvalue weighted by atomic mass is 16.5. The van der Waals surface area contributed by atoms with Crippen molar-refractivity contribution >= 4 is 11.6 Å². The average Bonchev–Trinajstić information content (AvgIpc) is 2.95. The number of amides is 1. The van der Waals surface area contributed by atoms with Gasteiger partial charge in [0.15, 0.2) is 0 Å². The van der Waals surface area contributed by atoms with Gasteiger partial charge in [-0.2, -0.15) is 5.10 Å². The van der Waals surface area contributed by atoms with E-state index in [1.165, 1.54) is 17.7 Å². The van der Waals surface area contributed by atoms with Crippen molar-refractivity contribution in [3.05, 3.63) is 63.8 Å². The number of ether oxygens (including phenoxy) is 1. The van der Waals surface area contributed by atoms with E-state index in [9.17, 15) is 9.59 Å². The minimum atomic E-state index is -0.366. The number of anilines is 1. The Morgan fingerprint density at radius 2 is 1.89 bits per heavy atom. The minimum absolute atomic E-state index is 0.197. The summed E-state index contributed by atoms with van der Waals surface area (Å²) in [7, 11) is 1.53. The first-order valence-corrected chi connectivity index (χ1v) is 8.44. The third kappa shape index (κ3) is 3.89. The second-order valence-electron chi connectivity index (χ2n) is 6.21. The van der Waals surface area contributed by atoms with Crippen LogP contribution in [0.2, 0.25) is 0 Å². The number of rotatable bonds is 5. The molecule has 0 saturated heterocycles. The Morgan fingerprint density at radius 1 is 1.15 bits per heavy atom. The van der Waals surface area contributed by atoms with E-state index in [0.29, 0.717) is 23.1 Å². The van der Waals surface area contributed by atoms with Crippen molar-refractivity contribution in [3.8, 4) is 11.7 Å². The van der Waals surface area contributed by atoms with Crippen LogP contribution in [0.1, 0.15) is 17.1 Å². The third-order valence-corrected chi connectivity index (χ3v) is 4.00. The lowest BCUT2D eigenvalue weighted by molar-refractivity contribution is -0.116. The number of aromatic nitrogens is 4. The van der Waals surface area contributed by atoms with Crippen LogP contribution in [0.5, 0.6) is 5.75 Å². The SMILES string of the molecule is COc1ccccc1NC(=O)Cn1c(-n2nc(C)cc2C)nc(C)cc1=O. The molecule has 1 amide bonds. The molecule has 1 aromatic carbocycles. The second kappa shape index (κ2) is 7.45. The third-order valence-electron chi connectivity index (χ3n) is 4.00. The number of nitrogens with zero attached hydrogens (tertiary/aromatic N) is 4. The highest BCUT2D eigenvalue weighted by Crippen LogP contribution is 2.23. The van der Waals surface area contributed by atoms with Crippen LogP contribution in [0.4, 0.5) is 5.69 Å². The maximum absolute atomic E-state index is 12.6. The topological polar surface area (TPSA) is 91.0 Å². The van der Waals surface area contributed by atoms with Gasteiger partial charge in [-0.15, -0.1) is 0 Å². The summed E-state index contributed by atoms with van der Waals surface area (Å²) in [4.78, 5) is 29.5. The lowest BCUT2D eigenvalue weighted by Gasteiger charge is -2.14. The Morgan fingerprint density at radius 3 is 2.56 bits per heavy atom. The van der Waals surface area contributed by atoms with Crippen molar-refractivity contribution in [1.29, 1.82) is 0 Å². The summed E-state index contributed by atoms with van der Waals surface area (Å²) in [5.41, 5.74) is 2.40. The Kier molecular flexibility index (Phi) is 5.07. The van der Waals surface area contributed by atoms with Gasteiger partial charge in [0, 0.05) is 17.5 Å². The van der Waals surface area contributed by atoms with Crippen LogP contribution in [-0.2, 0) is 11.3 Å². The number of nitrogens with one attached hydrogen (secondary N) is 1. The van der Waals surface area contributed by atoms with Crippen LogP contribution in [0, 0.1) is 20.8 Å². The standard InChI is InChI=1S/C19H21N5O3/c1-12-10-18(26)23(19(20-12)24-14(3)9-13(2)22-24)11-17(25)21-15-7-5-6-8-16(15)27-4/h5-10H,11H2,1-4H3,(H,21,25). The summed E-state index contributed by atoms with van der Waals surface area (Å²) in [6.07, 6.45) is 0. The molecule has 8 heteroatoms. The van der Waals surface area contributed by atoms with Gasteiger partial charge in [0.25, 0.3) is 5.56 Å². The minimum Gasteiger partial charge on any atom is -0.495 e. The van der Waals surface area contributed by atoms with Gasteiger partial charge < -0.3 is 10.1 Å². The van der Waals surface area contributed by atoms with Gasteiger partial charge >= 0.3 is 0 Å². The Hall–Kier alpha value is -3.42. The lowest BCUT2D eigenvalue weighted by atomic mass is 10.3. The summed E-state index contributed by atoms with van der Waals surface area (Å²) in [5, 5.41) is 7.15. The molecule has 27 heavy (non-hydrogen) atoms. The molecule has 0 fully saturated rings. The zero-order valence-corrected chi connectivity index (χ0v) is 15.7. The van der Waals surface area contributed by atoms with Crippen LogP contribution < -0.4 is 15.6 Å². The van der Waals surface area contributed by atoms with E-state index < -0.39 is 0 Å². The molecule has 2 heterocycles. The average molecular weight is 367 g/mol. The molecule has 0 aliphatic rings. The van der Waals surface area contributed by atoms with Gasteiger partial charge in [-0.1, -0.05) is 12.1 Å². The fraction of sp³-hybridized carbons (Fsp3) is 0.263.